The molecule has 7 nitrogen and oxygen atoms in total. The normalized spacial score (nSPS) is 12.1. The van der Waals surface area contributed by atoms with E-state index in [4.69, 9.17) is 4.74 Å². The second kappa shape index (κ2) is 7.18. The lowest BCUT2D eigenvalue weighted by Crippen LogP contribution is -2.32. The van der Waals surface area contributed by atoms with E-state index < -0.39 is 16.9 Å². The Balaban J connectivity index is 3.04. The molecular weight excluding hydrogens is 330 g/mol. The van der Waals surface area contributed by atoms with E-state index in [2.05, 4.69) is 26.2 Å². The van der Waals surface area contributed by atoms with Gasteiger partial charge in [0.2, 0.25) is 5.82 Å². The highest BCUT2D eigenvalue weighted by Gasteiger charge is 2.25. The number of nitro groups is 1. The Bertz CT molecular complexity index is 507. The van der Waals surface area contributed by atoms with Gasteiger partial charge in [0.05, 0.1) is 12.0 Å². The molecule has 1 N–H and O–H groups in total. The lowest BCUT2D eigenvalue weighted by atomic mass is 10.0. The Morgan fingerprint density at radius 3 is 2.75 bits per heavy atom. The molecule has 8 heteroatoms. The summed E-state index contributed by atoms with van der Waals surface area (Å²) in [4.78, 5) is 26.1. The molecule has 0 fully saturated rings. The van der Waals surface area contributed by atoms with E-state index in [1.165, 1.54) is 19.4 Å². The van der Waals surface area contributed by atoms with Crippen LogP contribution in [0, 0.1) is 16.0 Å². The van der Waals surface area contributed by atoms with Crippen LogP contribution in [0.1, 0.15) is 20.3 Å². The van der Waals surface area contributed by atoms with Gasteiger partial charge in [0.1, 0.15) is 6.04 Å². The lowest BCUT2D eigenvalue weighted by Gasteiger charge is -2.18. The van der Waals surface area contributed by atoms with Crippen LogP contribution < -0.4 is 5.32 Å². The Morgan fingerprint density at radius 1 is 1.60 bits per heavy atom. The van der Waals surface area contributed by atoms with Crippen LogP contribution in [0.25, 0.3) is 0 Å². The first-order chi connectivity index (χ1) is 9.35. The van der Waals surface area contributed by atoms with E-state index in [0.717, 1.165) is 0 Å². The van der Waals surface area contributed by atoms with Crippen LogP contribution >= 0.6 is 15.9 Å². The molecule has 0 aromatic carbocycles. The van der Waals surface area contributed by atoms with Gasteiger partial charge < -0.3 is 10.1 Å². The zero-order valence-electron chi connectivity index (χ0n) is 11.4. The van der Waals surface area contributed by atoms with Gasteiger partial charge in [-0.2, -0.15) is 0 Å². The summed E-state index contributed by atoms with van der Waals surface area (Å²) in [5.74, 6) is -0.201. The topological polar surface area (TPSA) is 94.4 Å². The van der Waals surface area contributed by atoms with Crippen molar-refractivity contribution >= 4 is 33.4 Å². The third kappa shape index (κ3) is 4.44. The van der Waals surface area contributed by atoms with Crippen molar-refractivity contribution in [3.05, 3.63) is 26.9 Å². The maximum atomic E-state index is 11.7. The van der Waals surface area contributed by atoms with Crippen molar-refractivity contribution in [3.8, 4) is 0 Å². The Hall–Kier alpha value is -1.70. The van der Waals surface area contributed by atoms with Crippen LogP contribution in [0.5, 0.6) is 0 Å². The number of methoxy groups -OCH3 is 1. The number of rotatable bonds is 6. The molecule has 0 spiro atoms. The van der Waals surface area contributed by atoms with Gasteiger partial charge in [-0.05, 0) is 28.3 Å². The number of hydrogen-bond donors (Lipinski definition) is 1. The molecule has 1 aromatic rings. The summed E-state index contributed by atoms with van der Waals surface area (Å²) in [7, 11) is 1.28. The average molecular weight is 346 g/mol. The first-order valence-corrected chi connectivity index (χ1v) is 6.78. The van der Waals surface area contributed by atoms with Gasteiger partial charge >= 0.3 is 11.7 Å². The van der Waals surface area contributed by atoms with Gasteiger partial charge in [-0.25, -0.2) is 9.78 Å². The number of pyridine rings is 1. The summed E-state index contributed by atoms with van der Waals surface area (Å²) in [5, 5.41) is 13.8. The van der Waals surface area contributed by atoms with Crippen molar-refractivity contribution < 1.29 is 14.5 Å². The number of ether oxygens (including phenoxy) is 1. The van der Waals surface area contributed by atoms with Gasteiger partial charge in [0.15, 0.2) is 0 Å². The maximum Gasteiger partial charge on any atom is 0.328 e. The van der Waals surface area contributed by atoms with Crippen molar-refractivity contribution in [2.75, 3.05) is 12.4 Å². The van der Waals surface area contributed by atoms with Crippen molar-refractivity contribution in [2.24, 2.45) is 5.92 Å². The third-order valence-electron chi connectivity index (χ3n) is 2.53. The largest absolute Gasteiger partial charge is 0.467 e. The lowest BCUT2D eigenvalue weighted by molar-refractivity contribution is -0.384. The molecule has 1 atom stereocenters. The summed E-state index contributed by atoms with van der Waals surface area (Å²) in [5.41, 5.74) is -0.197. The Labute approximate surface area is 125 Å². The minimum atomic E-state index is -0.674. The smallest absolute Gasteiger partial charge is 0.328 e. The highest BCUT2D eigenvalue weighted by atomic mass is 79.9. The highest BCUT2D eigenvalue weighted by Crippen LogP contribution is 2.26. The van der Waals surface area contributed by atoms with E-state index in [0.29, 0.717) is 10.9 Å². The number of esters is 1. The molecular formula is C12H16BrN3O4. The van der Waals surface area contributed by atoms with Crippen LogP contribution in [0.15, 0.2) is 16.7 Å². The molecule has 110 valence electrons. The molecule has 1 unspecified atom stereocenters. The van der Waals surface area contributed by atoms with Crippen molar-refractivity contribution in [1.29, 1.82) is 0 Å². The highest BCUT2D eigenvalue weighted by molar-refractivity contribution is 9.10. The quantitative estimate of drug-likeness (QED) is 0.484. The van der Waals surface area contributed by atoms with Gasteiger partial charge in [-0.15, -0.1) is 0 Å². The van der Waals surface area contributed by atoms with Crippen LogP contribution in [0.2, 0.25) is 0 Å². The van der Waals surface area contributed by atoms with Crippen LogP contribution in [0.4, 0.5) is 11.5 Å². The minimum Gasteiger partial charge on any atom is -0.467 e. The monoisotopic (exact) mass is 345 g/mol. The molecule has 0 aliphatic heterocycles. The number of nitrogens with zero attached hydrogens (tertiary/aromatic N) is 2. The molecule has 0 saturated carbocycles. The molecule has 1 aromatic heterocycles. The molecule has 1 heterocycles. The van der Waals surface area contributed by atoms with Crippen LogP contribution in [-0.4, -0.2) is 29.0 Å². The minimum absolute atomic E-state index is 0.0502. The maximum absolute atomic E-state index is 11.7. The van der Waals surface area contributed by atoms with E-state index >= 15 is 0 Å². The Morgan fingerprint density at radius 2 is 2.25 bits per heavy atom. The number of aromatic nitrogens is 1. The van der Waals surface area contributed by atoms with Crippen molar-refractivity contribution in [2.45, 2.75) is 26.3 Å². The molecule has 1 rings (SSSR count). The van der Waals surface area contributed by atoms with Gasteiger partial charge in [-0.1, -0.05) is 13.8 Å². The predicted molar refractivity (Wildman–Crippen MR) is 77.5 cm³/mol. The second-order valence-corrected chi connectivity index (χ2v) is 5.54. The van der Waals surface area contributed by atoms with Gasteiger partial charge in [0, 0.05) is 16.7 Å². The van der Waals surface area contributed by atoms with Gasteiger partial charge in [0.25, 0.3) is 0 Å². The fourth-order valence-electron chi connectivity index (χ4n) is 1.67. The summed E-state index contributed by atoms with van der Waals surface area (Å²) in [6, 6.07) is 0.659. The van der Waals surface area contributed by atoms with E-state index in [1.807, 2.05) is 13.8 Å². The van der Waals surface area contributed by atoms with E-state index in [9.17, 15) is 14.9 Å². The molecule has 0 bridgehead atoms. The van der Waals surface area contributed by atoms with Crippen LogP contribution in [-0.2, 0) is 9.53 Å². The average Bonchev–Trinajstić information content (AvgIpc) is 2.38. The summed E-state index contributed by atoms with van der Waals surface area (Å²) >= 11 is 3.13. The number of carbonyl (C=O) groups excluding carboxylic acids is 1. The molecule has 0 aliphatic rings. The Kier molecular flexibility index (Phi) is 5.87. The van der Waals surface area contributed by atoms with E-state index in [1.54, 1.807) is 0 Å². The molecule has 20 heavy (non-hydrogen) atoms. The number of carbonyl (C=O) groups is 1. The predicted octanol–water partition coefficient (Wildman–Crippen LogP) is 2.75. The first kappa shape index (κ1) is 16.4. The molecule has 0 saturated heterocycles. The molecule has 0 amide bonds. The molecule has 0 aliphatic carbocycles. The fraction of sp³-hybridized carbons (Fsp3) is 0.500. The number of nitrogens with one attached hydrogen (secondary N) is 1. The second-order valence-electron chi connectivity index (χ2n) is 4.63. The van der Waals surface area contributed by atoms with Crippen molar-refractivity contribution in [3.63, 3.8) is 0 Å². The third-order valence-corrected chi connectivity index (χ3v) is 2.97. The summed E-state index contributed by atoms with van der Waals surface area (Å²) in [6.45, 7) is 3.89. The van der Waals surface area contributed by atoms with Crippen molar-refractivity contribution in [1.82, 2.24) is 4.98 Å². The van der Waals surface area contributed by atoms with Gasteiger partial charge in [-0.3, -0.25) is 10.1 Å². The summed E-state index contributed by atoms with van der Waals surface area (Å²) in [6.07, 6.45) is 1.92. The zero-order valence-corrected chi connectivity index (χ0v) is 13.0. The number of hydrogen-bond acceptors (Lipinski definition) is 6. The zero-order chi connectivity index (χ0) is 15.3. The molecule has 0 radical (unpaired) electrons. The summed E-state index contributed by atoms with van der Waals surface area (Å²) < 4.78 is 5.19. The first-order valence-electron chi connectivity index (χ1n) is 5.99. The number of anilines is 1. The standard InChI is InChI=1S/C12H16BrN3O4/c1-7(2)4-9(12(17)20-3)15-11-10(16(18)19)5-8(13)6-14-11/h5-7,9H,4H2,1-3H3,(H,14,15). The van der Waals surface area contributed by atoms with E-state index in [-0.39, 0.29) is 17.4 Å². The number of halogens is 1. The SMILES string of the molecule is COC(=O)C(CC(C)C)Nc1ncc(Br)cc1[N+](=O)[O-]. The fourth-order valence-corrected chi connectivity index (χ4v) is 1.99. The van der Waals surface area contributed by atoms with Crippen LogP contribution in [0.3, 0.4) is 0 Å².